The van der Waals surface area contributed by atoms with E-state index >= 15 is 0 Å². The van der Waals surface area contributed by atoms with Crippen LogP contribution in [-0.2, 0) is 4.79 Å². The molecule has 104 valence electrons. The van der Waals surface area contributed by atoms with Gasteiger partial charge < -0.3 is 16.0 Å². The number of likely N-dealkylation sites (N-methyl/N-ethyl adjacent to an activating group) is 1. The molecule has 0 saturated heterocycles. The van der Waals surface area contributed by atoms with E-state index in [4.69, 9.17) is 5.73 Å². The number of nitrogen functional groups attached to an aromatic ring is 1. The van der Waals surface area contributed by atoms with E-state index in [0.29, 0.717) is 12.6 Å². The average molecular weight is 261 g/mol. The van der Waals surface area contributed by atoms with E-state index in [2.05, 4.69) is 5.32 Å². The molecule has 4 heteroatoms. The maximum absolute atomic E-state index is 12.0. The summed E-state index contributed by atoms with van der Waals surface area (Å²) in [6, 6.07) is 8.06. The maximum Gasteiger partial charge on any atom is 0.239 e. The summed E-state index contributed by atoms with van der Waals surface area (Å²) in [5, 5.41) is 3.12. The molecule has 1 aliphatic carbocycles. The van der Waals surface area contributed by atoms with Gasteiger partial charge in [-0.3, -0.25) is 4.79 Å². The molecule has 19 heavy (non-hydrogen) atoms. The number of rotatable bonds is 5. The minimum Gasteiger partial charge on any atom is -0.399 e. The normalized spacial score (nSPS) is 15.4. The van der Waals surface area contributed by atoms with Crippen molar-refractivity contribution in [2.75, 3.05) is 23.7 Å². The molecule has 0 atom stereocenters. The van der Waals surface area contributed by atoms with Gasteiger partial charge in [0.05, 0.1) is 6.54 Å². The molecule has 1 aliphatic rings. The third-order valence-corrected chi connectivity index (χ3v) is 3.67. The highest BCUT2D eigenvalue weighted by Gasteiger charge is 2.18. The van der Waals surface area contributed by atoms with Crippen molar-refractivity contribution < 1.29 is 4.79 Å². The first-order chi connectivity index (χ1) is 9.19. The Kier molecular flexibility index (Phi) is 4.66. The molecule has 0 aromatic heterocycles. The number of anilines is 2. The summed E-state index contributed by atoms with van der Waals surface area (Å²) in [5.41, 5.74) is 7.52. The van der Waals surface area contributed by atoms with Crippen molar-refractivity contribution >= 4 is 17.3 Å². The number of nitrogens with two attached hydrogens (primary N) is 1. The predicted octanol–water partition coefficient (Wildman–Crippen LogP) is 2.15. The molecule has 1 amide bonds. The number of benzene rings is 1. The van der Waals surface area contributed by atoms with Crippen LogP contribution in [0.1, 0.15) is 32.6 Å². The zero-order valence-electron chi connectivity index (χ0n) is 11.6. The molecule has 0 spiro atoms. The van der Waals surface area contributed by atoms with Crippen molar-refractivity contribution in [3.8, 4) is 0 Å². The Morgan fingerprint density at radius 1 is 1.42 bits per heavy atom. The topological polar surface area (TPSA) is 58.4 Å². The van der Waals surface area contributed by atoms with Gasteiger partial charge >= 0.3 is 0 Å². The summed E-state index contributed by atoms with van der Waals surface area (Å²) in [7, 11) is 0. The first kappa shape index (κ1) is 13.7. The third kappa shape index (κ3) is 3.88. The zero-order valence-corrected chi connectivity index (χ0v) is 11.6. The van der Waals surface area contributed by atoms with Crippen molar-refractivity contribution in [3.05, 3.63) is 24.3 Å². The van der Waals surface area contributed by atoms with Gasteiger partial charge in [-0.2, -0.15) is 0 Å². The van der Waals surface area contributed by atoms with Crippen LogP contribution >= 0.6 is 0 Å². The second-order valence-electron chi connectivity index (χ2n) is 5.16. The second-order valence-corrected chi connectivity index (χ2v) is 5.16. The Morgan fingerprint density at radius 3 is 2.79 bits per heavy atom. The van der Waals surface area contributed by atoms with Crippen molar-refractivity contribution in [3.63, 3.8) is 0 Å². The molecule has 1 saturated carbocycles. The molecule has 0 unspecified atom stereocenters. The average Bonchev–Trinajstić information content (AvgIpc) is 2.88. The van der Waals surface area contributed by atoms with Crippen LogP contribution < -0.4 is 16.0 Å². The van der Waals surface area contributed by atoms with Crippen molar-refractivity contribution in [2.24, 2.45) is 0 Å². The molecule has 4 nitrogen and oxygen atoms in total. The smallest absolute Gasteiger partial charge is 0.239 e. The molecule has 1 fully saturated rings. The molecule has 0 heterocycles. The highest BCUT2D eigenvalue weighted by molar-refractivity contribution is 5.81. The van der Waals surface area contributed by atoms with E-state index in [0.717, 1.165) is 30.8 Å². The first-order valence-corrected chi connectivity index (χ1v) is 7.09. The molecule has 0 radical (unpaired) electrons. The van der Waals surface area contributed by atoms with Crippen molar-refractivity contribution in [2.45, 2.75) is 38.6 Å². The number of carbonyl (C=O) groups is 1. The monoisotopic (exact) mass is 261 g/mol. The maximum atomic E-state index is 12.0. The van der Waals surface area contributed by atoms with Crippen LogP contribution in [0.5, 0.6) is 0 Å². The summed E-state index contributed by atoms with van der Waals surface area (Å²) in [6.45, 7) is 3.24. The number of nitrogens with one attached hydrogen (secondary N) is 1. The summed E-state index contributed by atoms with van der Waals surface area (Å²) in [5.74, 6) is 0.108. The summed E-state index contributed by atoms with van der Waals surface area (Å²) in [6.07, 6.45) is 4.71. The van der Waals surface area contributed by atoms with Gasteiger partial charge in [0, 0.05) is 24.0 Å². The number of amides is 1. The minimum atomic E-state index is 0.108. The lowest BCUT2D eigenvalue weighted by Crippen LogP contribution is -2.41. The van der Waals surface area contributed by atoms with Crippen molar-refractivity contribution in [1.29, 1.82) is 0 Å². The Labute approximate surface area is 115 Å². The van der Waals surface area contributed by atoms with Crippen LogP contribution in [0.25, 0.3) is 0 Å². The van der Waals surface area contributed by atoms with Crippen LogP contribution in [0.4, 0.5) is 11.4 Å². The van der Waals surface area contributed by atoms with E-state index in [1.54, 1.807) is 0 Å². The fourth-order valence-corrected chi connectivity index (χ4v) is 2.62. The summed E-state index contributed by atoms with van der Waals surface area (Å²) < 4.78 is 0. The Balaban J connectivity index is 1.92. The fourth-order valence-electron chi connectivity index (χ4n) is 2.62. The van der Waals surface area contributed by atoms with Crippen LogP contribution in [0.2, 0.25) is 0 Å². The molecule has 3 N–H and O–H groups in total. The predicted molar refractivity (Wildman–Crippen MR) is 79.1 cm³/mol. The van der Waals surface area contributed by atoms with Gasteiger partial charge in [-0.15, -0.1) is 0 Å². The summed E-state index contributed by atoms with van der Waals surface area (Å²) >= 11 is 0. The molecule has 0 aliphatic heterocycles. The number of carbonyl (C=O) groups excluding carboxylic acids is 1. The van der Waals surface area contributed by atoms with E-state index < -0.39 is 0 Å². The Hall–Kier alpha value is -1.71. The number of hydrogen-bond donors (Lipinski definition) is 2. The van der Waals surface area contributed by atoms with Gasteiger partial charge in [0.2, 0.25) is 5.91 Å². The molecule has 1 aromatic rings. The van der Waals surface area contributed by atoms with E-state index in [1.807, 2.05) is 36.1 Å². The van der Waals surface area contributed by atoms with Gasteiger partial charge in [-0.05, 0) is 38.0 Å². The van der Waals surface area contributed by atoms with E-state index in [-0.39, 0.29) is 5.91 Å². The summed E-state index contributed by atoms with van der Waals surface area (Å²) in [4.78, 5) is 14.1. The van der Waals surface area contributed by atoms with Crippen LogP contribution in [0.3, 0.4) is 0 Å². The molecule has 2 rings (SSSR count). The molecular formula is C15H23N3O. The quantitative estimate of drug-likeness (QED) is 0.799. The van der Waals surface area contributed by atoms with Gasteiger partial charge in [0.1, 0.15) is 0 Å². The zero-order chi connectivity index (χ0) is 13.7. The van der Waals surface area contributed by atoms with Crippen LogP contribution in [-0.4, -0.2) is 25.0 Å². The fraction of sp³-hybridized carbons (Fsp3) is 0.533. The van der Waals surface area contributed by atoms with Gasteiger partial charge in [-0.1, -0.05) is 18.9 Å². The lowest BCUT2D eigenvalue weighted by molar-refractivity contribution is -0.120. The number of hydrogen-bond acceptors (Lipinski definition) is 3. The lowest BCUT2D eigenvalue weighted by atomic mass is 10.2. The highest BCUT2D eigenvalue weighted by atomic mass is 16.2. The van der Waals surface area contributed by atoms with Gasteiger partial charge in [-0.25, -0.2) is 0 Å². The minimum absolute atomic E-state index is 0.108. The van der Waals surface area contributed by atoms with Crippen LogP contribution in [0.15, 0.2) is 24.3 Å². The molecular weight excluding hydrogens is 238 g/mol. The SMILES string of the molecule is CCN(CC(=O)NC1CCCC1)c1cccc(N)c1. The Morgan fingerprint density at radius 2 is 2.16 bits per heavy atom. The van der Waals surface area contributed by atoms with Gasteiger partial charge in [0.15, 0.2) is 0 Å². The third-order valence-electron chi connectivity index (χ3n) is 3.67. The van der Waals surface area contributed by atoms with E-state index in [1.165, 1.54) is 12.8 Å². The molecule has 1 aromatic carbocycles. The van der Waals surface area contributed by atoms with E-state index in [9.17, 15) is 4.79 Å². The lowest BCUT2D eigenvalue weighted by Gasteiger charge is -2.23. The molecule has 0 bridgehead atoms. The largest absolute Gasteiger partial charge is 0.399 e. The standard InChI is InChI=1S/C15H23N3O/c1-2-18(14-9-5-6-12(16)10-14)11-15(19)17-13-7-3-4-8-13/h5-6,9-10,13H,2-4,7-8,11,16H2,1H3,(H,17,19). The van der Waals surface area contributed by atoms with Crippen LogP contribution in [0, 0.1) is 0 Å². The number of nitrogens with zero attached hydrogens (tertiary/aromatic N) is 1. The van der Waals surface area contributed by atoms with Gasteiger partial charge in [0.25, 0.3) is 0 Å². The Bertz CT molecular complexity index is 427. The highest BCUT2D eigenvalue weighted by Crippen LogP contribution is 2.19. The second kappa shape index (κ2) is 6.45. The van der Waals surface area contributed by atoms with Crippen molar-refractivity contribution in [1.82, 2.24) is 5.32 Å². The first-order valence-electron chi connectivity index (χ1n) is 7.09.